The highest BCUT2D eigenvalue weighted by Crippen LogP contribution is 2.23. The van der Waals surface area contributed by atoms with Gasteiger partial charge in [0.05, 0.1) is 20.6 Å². The van der Waals surface area contributed by atoms with E-state index in [0.29, 0.717) is 17.7 Å². The van der Waals surface area contributed by atoms with Crippen molar-refractivity contribution in [1.29, 1.82) is 0 Å². The first-order valence-corrected chi connectivity index (χ1v) is 8.51. The van der Waals surface area contributed by atoms with E-state index < -0.39 is 11.9 Å². The van der Waals surface area contributed by atoms with Crippen LogP contribution in [-0.4, -0.2) is 37.1 Å². The number of esters is 3. The Morgan fingerprint density at radius 1 is 0.963 bits per heavy atom. The lowest BCUT2D eigenvalue weighted by Gasteiger charge is -2.08. The average molecular weight is 373 g/mol. The Kier molecular flexibility index (Phi) is 7.16. The van der Waals surface area contributed by atoms with E-state index in [1.54, 1.807) is 6.92 Å². The summed E-state index contributed by atoms with van der Waals surface area (Å²) >= 11 is 0. The van der Waals surface area contributed by atoms with Gasteiger partial charge in [-0.25, -0.2) is 4.79 Å². The Balaban J connectivity index is 2.23. The van der Waals surface area contributed by atoms with E-state index in [2.05, 4.69) is 9.72 Å². The number of aromatic nitrogens is 1. The Labute approximate surface area is 157 Å². The molecule has 1 heterocycles. The zero-order valence-corrected chi connectivity index (χ0v) is 15.7. The minimum Gasteiger partial charge on any atom is -0.469 e. The lowest BCUT2D eigenvalue weighted by Crippen LogP contribution is -2.13. The summed E-state index contributed by atoms with van der Waals surface area (Å²) in [7, 11) is 2.59. The summed E-state index contributed by atoms with van der Waals surface area (Å²) < 4.78 is 14.8. The van der Waals surface area contributed by atoms with E-state index in [1.807, 2.05) is 30.3 Å². The molecule has 0 aliphatic rings. The Morgan fingerprint density at radius 3 is 2.26 bits per heavy atom. The van der Waals surface area contributed by atoms with E-state index in [0.717, 1.165) is 11.1 Å². The average Bonchev–Trinajstić information content (AvgIpc) is 3.00. The van der Waals surface area contributed by atoms with E-state index in [4.69, 9.17) is 9.47 Å². The number of hydrogen-bond donors (Lipinski definition) is 1. The second kappa shape index (κ2) is 9.56. The maximum absolute atomic E-state index is 12.6. The molecule has 0 amide bonds. The van der Waals surface area contributed by atoms with Crippen LogP contribution in [0.5, 0.6) is 0 Å². The van der Waals surface area contributed by atoms with E-state index in [9.17, 15) is 14.4 Å². The quantitative estimate of drug-likeness (QED) is 0.564. The first-order chi connectivity index (χ1) is 13.0. The Morgan fingerprint density at radius 2 is 1.63 bits per heavy atom. The molecule has 7 heteroatoms. The number of carbonyl (C=O) groups excluding carboxylic acids is 3. The van der Waals surface area contributed by atoms with Crippen molar-refractivity contribution in [2.75, 3.05) is 14.2 Å². The van der Waals surface area contributed by atoms with Gasteiger partial charge in [0.15, 0.2) is 0 Å². The number of ether oxygens (including phenoxy) is 3. The van der Waals surface area contributed by atoms with Crippen molar-refractivity contribution in [2.45, 2.75) is 32.8 Å². The number of hydrogen-bond acceptors (Lipinski definition) is 6. The van der Waals surface area contributed by atoms with Gasteiger partial charge < -0.3 is 19.2 Å². The van der Waals surface area contributed by atoms with Gasteiger partial charge >= 0.3 is 17.9 Å². The molecule has 1 aromatic carbocycles. The van der Waals surface area contributed by atoms with Crippen LogP contribution in [0, 0.1) is 6.92 Å². The third-order valence-corrected chi connectivity index (χ3v) is 4.20. The van der Waals surface area contributed by atoms with Gasteiger partial charge in [-0.2, -0.15) is 0 Å². The monoisotopic (exact) mass is 373 g/mol. The molecule has 0 atom stereocenters. The van der Waals surface area contributed by atoms with Crippen LogP contribution in [-0.2, 0) is 43.2 Å². The molecule has 0 bridgehead atoms. The summed E-state index contributed by atoms with van der Waals surface area (Å²) in [6.07, 6.45) is 0.391. The molecule has 0 saturated carbocycles. The van der Waals surface area contributed by atoms with Crippen molar-refractivity contribution in [3.8, 4) is 0 Å². The van der Waals surface area contributed by atoms with Crippen molar-refractivity contribution in [3.63, 3.8) is 0 Å². The number of H-pyrrole nitrogens is 1. The second-order valence-corrected chi connectivity index (χ2v) is 5.97. The highest BCUT2D eigenvalue weighted by atomic mass is 16.5. The van der Waals surface area contributed by atoms with Gasteiger partial charge in [-0.05, 0) is 30.0 Å². The van der Waals surface area contributed by atoms with Crippen LogP contribution in [0.4, 0.5) is 0 Å². The molecular weight excluding hydrogens is 350 g/mol. The SMILES string of the molecule is COC(=O)CCc1c(C)[nH]c(C(=O)OCc2ccccc2)c1CC(=O)OC. The number of nitrogens with one attached hydrogen (secondary N) is 1. The molecular formula is C20H23NO6. The minimum atomic E-state index is -0.565. The predicted molar refractivity (Wildman–Crippen MR) is 97.1 cm³/mol. The first-order valence-electron chi connectivity index (χ1n) is 8.51. The molecule has 0 unspecified atom stereocenters. The Bertz CT molecular complexity index is 809. The smallest absolute Gasteiger partial charge is 0.355 e. The maximum Gasteiger partial charge on any atom is 0.355 e. The maximum atomic E-state index is 12.6. The van der Waals surface area contributed by atoms with Gasteiger partial charge in [-0.15, -0.1) is 0 Å². The van der Waals surface area contributed by atoms with Crippen molar-refractivity contribution in [1.82, 2.24) is 4.98 Å². The van der Waals surface area contributed by atoms with Crippen LogP contribution in [0.25, 0.3) is 0 Å². The lowest BCUT2D eigenvalue weighted by atomic mass is 10.0. The van der Waals surface area contributed by atoms with Crippen molar-refractivity contribution in [2.24, 2.45) is 0 Å². The largest absolute Gasteiger partial charge is 0.469 e. The van der Waals surface area contributed by atoms with Crippen LogP contribution >= 0.6 is 0 Å². The fourth-order valence-corrected chi connectivity index (χ4v) is 2.76. The molecule has 7 nitrogen and oxygen atoms in total. The summed E-state index contributed by atoms with van der Waals surface area (Å²) in [6, 6.07) is 9.29. The van der Waals surface area contributed by atoms with Gasteiger partial charge in [-0.3, -0.25) is 9.59 Å². The fraction of sp³-hybridized carbons (Fsp3) is 0.350. The predicted octanol–water partition coefficient (Wildman–Crippen LogP) is 2.50. The van der Waals surface area contributed by atoms with Gasteiger partial charge in [0.1, 0.15) is 12.3 Å². The van der Waals surface area contributed by atoms with Crippen LogP contribution in [0.3, 0.4) is 0 Å². The normalized spacial score (nSPS) is 10.3. The number of aromatic amines is 1. The highest BCUT2D eigenvalue weighted by molar-refractivity contribution is 5.91. The zero-order chi connectivity index (χ0) is 19.8. The highest BCUT2D eigenvalue weighted by Gasteiger charge is 2.24. The first kappa shape index (κ1) is 20.2. The zero-order valence-electron chi connectivity index (χ0n) is 15.7. The van der Waals surface area contributed by atoms with Gasteiger partial charge in [0, 0.05) is 12.1 Å². The molecule has 2 rings (SSSR count). The van der Waals surface area contributed by atoms with Crippen molar-refractivity contribution >= 4 is 17.9 Å². The molecule has 0 radical (unpaired) electrons. The molecule has 0 aliphatic heterocycles. The molecule has 1 N–H and O–H groups in total. The van der Waals surface area contributed by atoms with Gasteiger partial charge in [-0.1, -0.05) is 30.3 Å². The molecule has 2 aromatic rings. The van der Waals surface area contributed by atoms with Gasteiger partial charge in [0.2, 0.25) is 0 Å². The fourth-order valence-electron chi connectivity index (χ4n) is 2.76. The number of aryl methyl sites for hydroxylation is 1. The van der Waals surface area contributed by atoms with E-state index >= 15 is 0 Å². The molecule has 0 fully saturated rings. The second-order valence-electron chi connectivity index (χ2n) is 5.97. The summed E-state index contributed by atoms with van der Waals surface area (Å²) in [5, 5.41) is 0. The Hall–Kier alpha value is -3.09. The van der Waals surface area contributed by atoms with Crippen molar-refractivity contribution in [3.05, 3.63) is 58.4 Å². The summed E-state index contributed by atoms with van der Waals surface area (Å²) in [4.78, 5) is 38.8. The van der Waals surface area contributed by atoms with Crippen LogP contribution in [0.1, 0.15) is 39.3 Å². The third-order valence-electron chi connectivity index (χ3n) is 4.20. The molecule has 0 aliphatic carbocycles. The molecule has 0 spiro atoms. The topological polar surface area (TPSA) is 94.7 Å². The summed E-state index contributed by atoms with van der Waals surface area (Å²) in [5.41, 5.74) is 2.96. The number of carbonyl (C=O) groups is 3. The standard InChI is InChI=1S/C20H23NO6/c1-13-15(9-10-17(22)25-2)16(11-18(23)26-3)19(21-13)20(24)27-12-14-7-5-4-6-8-14/h4-8,21H,9-12H2,1-3H3. The molecule has 144 valence electrons. The molecule has 1 aromatic heterocycles. The third kappa shape index (κ3) is 5.44. The lowest BCUT2D eigenvalue weighted by molar-refractivity contribution is -0.141. The number of rotatable bonds is 8. The number of methoxy groups -OCH3 is 2. The van der Waals surface area contributed by atoms with Crippen LogP contribution < -0.4 is 0 Å². The molecule has 0 saturated heterocycles. The molecule has 27 heavy (non-hydrogen) atoms. The van der Waals surface area contributed by atoms with Crippen LogP contribution in [0.2, 0.25) is 0 Å². The summed E-state index contributed by atoms with van der Waals surface area (Å²) in [6.45, 7) is 1.90. The van der Waals surface area contributed by atoms with Crippen molar-refractivity contribution < 1.29 is 28.6 Å². The van der Waals surface area contributed by atoms with Crippen LogP contribution in [0.15, 0.2) is 30.3 Å². The van der Waals surface area contributed by atoms with Gasteiger partial charge in [0.25, 0.3) is 0 Å². The number of benzene rings is 1. The minimum absolute atomic E-state index is 0.0902. The van der Waals surface area contributed by atoms with E-state index in [-0.39, 0.29) is 31.1 Å². The van der Waals surface area contributed by atoms with E-state index in [1.165, 1.54) is 14.2 Å². The summed E-state index contributed by atoms with van der Waals surface area (Å²) in [5.74, 6) is -1.41.